The van der Waals surface area contributed by atoms with Gasteiger partial charge >= 0.3 is 6.09 Å². The third-order valence-electron chi connectivity index (χ3n) is 2.98. The van der Waals surface area contributed by atoms with Crippen LogP contribution in [0.1, 0.15) is 19.3 Å². The lowest BCUT2D eigenvalue weighted by molar-refractivity contribution is 0.0586. The predicted molar refractivity (Wildman–Crippen MR) is 50.7 cm³/mol. The second-order valence-electron chi connectivity index (χ2n) is 3.82. The molecule has 1 aliphatic rings. The van der Waals surface area contributed by atoms with Crippen LogP contribution in [0.4, 0.5) is 4.79 Å². The van der Waals surface area contributed by atoms with Gasteiger partial charge in [-0.05, 0) is 33.4 Å². The van der Waals surface area contributed by atoms with Crippen molar-refractivity contribution in [1.82, 2.24) is 10.2 Å². The lowest BCUT2D eigenvalue weighted by Crippen LogP contribution is -2.57. The fourth-order valence-electron chi connectivity index (χ4n) is 1.68. The summed E-state index contributed by atoms with van der Waals surface area (Å²) < 4.78 is 4.53. The molecule has 1 saturated carbocycles. The van der Waals surface area contributed by atoms with E-state index in [9.17, 15) is 4.79 Å². The van der Waals surface area contributed by atoms with Gasteiger partial charge in [0.2, 0.25) is 0 Å². The molecular weight excluding hydrogens is 168 g/mol. The topological polar surface area (TPSA) is 41.6 Å². The summed E-state index contributed by atoms with van der Waals surface area (Å²) >= 11 is 0. The van der Waals surface area contributed by atoms with E-state index in [1.807, 2.05) is 0 Å². The number of hydrogen-bond acceptors (Lipinski definition) is 3. The SMILES string of the molecule is COC(=O)NCC1(N(C)C)CCC1. The highest BCUT2D eigenvalue weighted by Crippen LogP contribution is 2.35. The Bertz CT molecular complexity index is 188. The number of rotatable bonds is 3. The van der Waals surface area contributed by atoms with E-state index in [0.717, 1.165) is 12.8 Å². The molecule has 1 aliphatic carbocycles. The maximum absolute atomic E-state index is 10.9. The van der Waals surface area contributed by atoms with Crippen LogP contribution >= 0.6 is 0 Å². The second kappa shape index (κ2) is 3.96. The minimum absolute atomic E-state index is 0.175. The van der Waals surface area contributed by atoms with Crippen molar-refractivity contribution in [2.75, 3.05) is 27.7 Å². The van der Waals surface area contributed by atoms with Gasteiger partial charge in [0.1, 0.15) is 0 Å². The van der Waals surface area contributed by atoms with E-state index in [2.05, 4.69) is 29.0 Å². The van der Waals surface area contributed by atoms with Crippen molar-refractivity contribution in [3.05, 3.63) is 0 Å². The zero-order chi connectivity index (χ0) is 9.90. The Kier molecular flexibility index (Phi) is 3.14. The van der Waals surface area contributed by atoms with Gasteiger partial charge in [-0.25, -0.2) is 4.79 Å². The monoisotopic (exact) mass is 186 g/mol. The van der Waals surface area contributed by atoms with Crippen molar-refractivity contribution in [3.8, 4) is 0 Å². The van der Waals surface area contributed by atoms with E-state index in [1.54, 1.807) is 0 Å². The minimum Gasteiger partial charge on any atom is -0.453 e. The first-order chi connectivity index (χ1) is 6.10. The molecule has 0 aliphatic heterocycles. The molecule has 0 aromatic heterocycles. The lowest BCUT2D eigenvalue weighted by atomic mass is 9.75. The summed E-state index contributed by atoms with van der Waals surface area (Å²) in [6.07, 6.45) is 3.22. The standard InChI is InChI=1S/C9H18N2O2/c1-11(2)9(5-4-6-9)7-10-8(12)13-3/h4-7H2,1-3H3,(H,10,12). The van der Waals surface area contributed by atoms with Crippen molar-refractivity contribution in [3.63, 3.8) is 0 Å². The molecule has 4 heteroatoms. The molecule has 0 aromatic carbocycles. The first-order valence-electron chi connectivity index (χ1n) is 4.60. The Morgan fingerprint density at radius 3 is 2.46 bits per heavy atom. The minimum atomic E-state index is -0.340. The van der Waals surface area contributed by atoms with Crippen molar-refractivity contribution >= 4 is 6.09 Å². The zero-order valence-corrected chi connectivity index (χ0v) is 8.59. The van der Waals surface area contributed by atoms with Crippen LogP contribution in [0.5, 0.6) is 0 Å². The van der Waals surface area contributed by atoms with Crippen LogP contribution in [-0.2, 0) is 4.74 Å². The zero-order valence-electron chi connectivity index (χ0n) is 8.59. The smallest absolute Gasteiger partial charge is 0.406 e. The quantitative estimate of drug-likeness (QED) is 0.709. The Balaban J connectivity index is 2.36. The van der Waals surface area contributed by atoms with Crippen molar-refractivity contribution in [1.29, 1.82) is 0 Å². The number of nitrogens with one attached hydrogen (secondary N) is 1. The number of nitrogens with zero attached hydrogens (tertiary/aromatic N) is 1. The molecule has 1 amide bonds. The maximum atomic E-state index is 10.9. The highest BCUT2D eigenvalue weighted by molar-refractivity contribution is 5.67. The first kappa shape index (κ1) is 10.3. The summed E-state index contributed by atoms with van der Waals surface area (Å²) in [6, 6.07) is 0. The van der Waals surface area contributed by atoms with Gasteiger partial charge in [-0.2, -0.15) is 0 Å². The number of carbonyl (C=O) groups is 1. The van der Waals surface area contributed by atoms with Gasteiger partial charge in [0.15, 0.2) is 0 Å². The molecule has 1 fully saturated rings. The summed E-state index contributed by atoms with van der Waals surface area (Å²) in [4.78, 5) is 13.1. The van der Waals surface area contributed by atoms with Gasteiger partial charge in [-0.1, -0.05) is 0 Å². The third-order valence-corrected chi connectivity index (χ3v) is 2.98. The van der Waals surface area contributed by atoms with E-state index in [0.29, 0.717) is 6.54 Å². The predicted octanol–water partition coefficient (Wildman–Crippen LogP) is 0.827. The van der Waals surface area contributed by atoms with Crippen molar-refractivity contribution in [2.45, 2.75) is 24.8 Å². The van der Waals surface area contributed by atoms with Crippen LogP contribution < -0.4 is 5.32 Å². The van der Waals surface area contributed by atoms with Crippen molar-refractivity contribution in [2.24, 2.45) is 0 Å². The Morgan fingerprint density at radius 2 is 2.15 bits per heavy atom. The molecule has 0 radical (unpaired) electrons. The van der Waals surface area contributed by atoms with Gasteiger partial charge in [0, 0.05) is 12.1 Å². The average Bonchev–Trinajstić information content (AvgIpc) is 2.01. The lowest BCUT2D eigenvalue weighted by Gasteiger charge is -2.47. The third kappa shape index (κ3) is 2.12. The van der Waals surface area contributed by atoms with Gasteiger partial charge in [-0.15, -0.1) is 0 Å². The van der Waals surface area contributed by atoms with Crippen LogP contribution in [0.15, 0.2) is 0 Å². The van der Waals surface area contributed by atoms with Crippen LogP contribution in [0, 0.1) is 0 Å². The summed E-state index contributed by atoms with van der Waals surface area (Å²) in [7, 11) is 5.49. The molecule has 0 atom stereocenters. The molecule has 0 unspecified atom stereocenters. The number of alkyl carbamates (subject to hydrolysis) is 1. The molecule has 0 saturated heterocycles. The van der Waals surface area contributed by atoms with E-state index in [1.165, 1.54) is 13.5 Å². The molecule has 13 heavy (non-hydrogen) atoms. The number of carbonyl (C=O) groups excluding carboxylic acids is 1. The van der Waals surface area contributed by atoms with Gasteiger partial charge in [0.25, 0.3) is 0 Å². The number of ether oxygens (including phenoxy) is 1. The molecule has 4 nitrogen and oxygen atoms in total. The van der Waals surface area contributed by atoms with E-state index in [-0.39, 0.29) is 11.6 Å². The maximum Gasteiger partial charge on any atom is 0.406 e. The van der Waals surface area contributed by atoms with Gasteiger partial charge in [0.05, 0.1) is 7.11 Å². The Morgan fingerprint density at radius 1 is 1.54 bits per heavy atom. The number of likely N-dealkylation sites (N-methyl/N-ethyl adjacent to an activating group) is 1. The normalized spacial score (nSPS) is 19.4. The molecule has 0 spiro atoms. The summed E-state index contributed by atoms with van der Waals surface area (Å²) in [6.45, 7) is 0.687. The largest absolute Gasteiger partial charge is 0.453 e. The molecule has 76 valence electrons. The van der Waals surface area contributed by atoms with E-state index >= 15 is 0 Å². The van der Waals surface area contributed by atoms with Crippen LogP contribution in [0.3, 0.4) is 0 Å². The second-order valence-corrected chi connectivity index (χ2v) is 3.82. The summed E-state index contributed by atoms with van der Waals surface area (Å²) in [5.74, 6) is 0. The Hall–Kier alpha value is -0.770. The molecule has 0 bridgehead atoms. The summed E-state index contributed by atoms with van der Waals surface area (Å²) in [5.41, 5.74) is 0.175. The van der Waals surface area contributed by atoms with Crippen LogP contribution in [0.2, 0.25) is 0 Å². The molecular formula is C9H18N2O2. The first-order valence-corrected chi connectivity index (χ1v) is 4.60. The number of hydrogen-bond donors (Lipinski definition) is 1. The highest BCUT2D eigenvalue weighted by atomic mass is 16.5. The average molecular weight is 186 g/mol. The molecule has 0 aromatic rings. The van der Waals surface area contributed by atoms with Gasteiger partial charge < -0.3 is 15.0 Å². The van der Waals surface area contributed by atoms with Crippen molar-refractivity contribution < 1.29 is 9.53 Å². The van der Waals surface area contributed by atoms with Gasteiger partial charge in [-0.3, -0.25) is 0 Å². The summed E-state index contributed by atoms with van der Waals surface area (Å²) in [5, 5.41) is 2.75. The van der Waals surface area contributed by atoms with Crippen LogP contribution in [0.25, 0.3) is 0 Å². The number of amides is 1. The fraction of sp³-hybridized carbons (Fsp3) is 0.889. The molecule has 0 heterocycles. The number of methoxy groups -OCH3 is 1. The molecule has 1 N–H and O–H groups in total. The highest BCUT2D eigenvalue weighted by Gasteiger charge is 2.39. The van der Waals surface area contributed by atoms with E-state index < -0.39 is 0 Å². The Labute approximate surface area is 79.2 Å². The fourth-order valence-corrected chi connectivity index (χ4v) is 1.68. The van der Waals surface area contributed by atoms with E-state index in [4.69, 9.17) is 0 Å². The van der Waals surface area contributed by atoms with Crippen LogP contribution in [-0.4, -0.2) is 44.3 Å². The molecule has 1 rings (SSSR count).